The maximum atomic E-state index is 2.72. The SMILES string of the molecule is CC1CC2CCCC3CCCC(C32)C1C1C(C)CC2CCCC3CCCC1C32. The van der Waals surface area contributed by atoms with Gasteiger partial charge in [0.2, 0.25) is 0 Å². The largest absolute Gasteiger partial charge is 0.0622 e. The van der Waals surface area contributed by atoms with E-state index in [4.69, 9.17) is 0 Å². The summed E-state index contributed by atoms with van der Waals surface area (Å²) in [5.41, 5.74) is 0. The Labute approximate surface area is 175 Å². The molecule has 12 unspecified atom stereocenters. The molecule has 0 aromatic rings. The molecule has 0 aliphatic heterocycles. The first-order valence-electron chi connectivity index (χ1n) is 13.7. The highest BCUT2D eigenvalue weighted by molar-refractivity contribution is 5.05. The minimum absolute atomic E-state index is 1.02. The third-order valence-corrected chi connectivity index (χ3v) is 11.8. The van der Waals surface area contributed by atoms with E-state index < -0.39 is 0 Å². The van der Waals surface area contributed by atoms with E-state index >= 15 is 0 Å². The third kappa shape index (κ3) is 2.81. The Morgan fingerprint density at radius 2 is 0.750 bits per heavy atom. The lowest BCUT2D eigenvalue weighted by Crippen LogP contribution is -2.55. The van der Waals surface area contributed by atoms with E-state index in [-0.39, 0.29) is 0 Å². The average molecular weight is 383 g/mol. The van der Waals surface area contributed by atoms with Gasteiger partial charge in [0.15, 0.2) is 0 Å². The zero-order valence-corrected chi connectivity index (χ0v) is 18.8. The first-order chi connectivity index (χ1) is 13.7. The maximum Gasteiger partial charge on any atom is -0.0323 e. The van der Waals surface area contributed by atoms with Crippen molar-refractivity contribution in [2.75, 3.05) is 0 Å². The van der Waals surface area contributed by atoms with Crippen LogP contribution in [0.4, 0.5) is 0 Å². The highest BCUT2D eigenvalue weighted by Gasteiger charge is 2.56. The number of rotatable bonds is 1. The van der Waals surface area contributed by atoms with E-state index in [9.17, 15) is 0 Å². The first kappa shape index (κ1) is 18.7. The van der Waals surface area contributed by atoms with Gasteiger partial charge in [0.05, 0.1) is 0 Å². The van der Waals surface area contributed by atoms with Gasteiger partial charge in [-0.25, -0.2) is 0 Å². The maximum absolute atomic E-state index is 2.72. The van der Waals surface area contributed by atoms with Gasteiger partial charge in [-0.1, -0.05) is 78.1 Å². The van der Waals surface area contributed by atoms with Crippen molar-refractivity contribution in [2.24, 2.45) is 71.0 Å². The van der Waals surface area contributed by atoms with Crippen LogP contribution in [0.15, 0.2) is 0 Å². The fraction of sp³-hybridized carbons (Fsp3) is 1.00. The molecule has 6 fully saturated rings. The molecule has 12 atom stereocenters. The molecule has 6 rings (SSSR count). The minimum Gasteiger partial charge on any atom is -0.0622 e. The molecule has 0 nitrogen and oxygen atoms in total. The monoisotopic (exact) mass is 382 g/mol. The molecule has 158 valence electrons. The molecule has 6 saturated carbocycles. The normalized spacial score (nSPS) is 58.5. The zero-order valence-electron chi connectivity index (χ0n) is 18.8. The van der Waals surface area contributed by atoms with E-state index in [2.05, 4.69) is 13.8 Å². The summed E-state index contributed by atoms with van der Waals surface area (Å²) in [7, 11) is 0. The minimum atomic E-state index is 1.02. The summed E-state index contributed by atoms with van der Waals surface area (Å²) < 4.78 is 0. The van der Waals surface area contributed by atoms with E-state index in [1.54, 1.807) is 89.9 Å². The van der Waals surface area contributed by atoms with Gasteiger partial charge >= 0.3 is 0 Å². The van der Waals surface area contributed by atoms with Crippen LogP contribution < -0.4 is 0 Å². The van der Waals surface area contributed by atoms with Crippen molar-refractivity contribution in [1.29, 1.82) is 0 Å². The fourth-order valence-corrected chi connectivity index (χ4v) is 11.4. The molecule has 0 radical (unpaired) electrons. The topological polar surface area (TPSA) is 0 Å². The second-order valence-electron chi connectivity index (χ2n) is 12.8. The van der Waals surface area contributed by atoms with Crippen molar-refractivity contribution in [3.05, 3.63) is 0 Å². The Morgan fingerprint density at radius 1 is 0.393 bits per heavy atom. The van der Waals surface area contributed by atoms with E-state index in [1.165, 1.54) is 0 Å². The van der Waals surface area contributed by atoms with Crippen molar-refractivity contribution in [1.82, 2.24) is 0 Å². The summed E-state index contributed by atoms with van der Waals surface area (Å²) in [5, 5.41) is 0. The summed E-state index contributed by atoms with van der Waals surface area (Å²) in [6, 6.07) is 0. The molecule has 0 aromatic heterocycles. The van der Waals surface area contributed by atoms with Crippen LogP contribution in [0.3, 0.4) is 0 Å². The van der Waals surface area contributed by atoms with Crippen molar-refractivity contribution in [3.8, 4) is 0 Å². The van der Waals surface area contributed by atoms with Gasteiger partial charge in [-0.15, -0.1) is 0 Å². The second-order valence-corrected chi connectivity index (χ2v) is 12.8. The highest BCUT2D eigenvalue weighted by Crippen LogP contribution is 2.64. The lowest BCUT2D eigenvalue weighted by Gasteiger charge is -2.62. The molecule has 0 heteroatoms. The summed E-state index contributed by atoms with van der Waals surface area (Å²) >= 11 is 0. The molecule has 6 aliphatic rings. The Hall–Kier alpha value is 0. The van der Waals surface area contributed by atoms with Gasteiger partial charge in [0, 0.05) is 0 Å². The molecule has 0 N–H and O–H groups in total. The molecule has 6 aliphatic carbocycles. The van der Waals surface area contributed by atoms with Gasteiger partial charge in [-0.2, -0.15) is 0 Å². The smallest absolute Gasteiger partial charge is 0.0323 e. The second kappa shape index (κ2) is 7.30. The molecule has 0 aromatic carbocycles. The number of hydrogen-bond donors (Lipinski definition) is 0. The highest BCUT2D eigenvalue weighted by atomic mass is 14.6. The summed E-state index contributed by atoms with van der Waals surface area (Å²) in [6.07, 6.45) is 22.2. The summed E-state index contributed by atoms with van der Waals surface area (Å²) in [5.74, 6) is 13.3. The van der Waals surface area contributed by atoms with Gasteiger partial charge in [0.1, 0.15) is 0 Å². The Kier molecular flexibility index (Phi) is 4.89. The van der Waals surface area contributed by atoms with Crippen LogP contribution in [0.25, 0.3) is 0 Å². The average Bonchev–Trinajstić information content (AvgIpc) is 2.70. The lowest BCUT2D eigenvalue weighted by molar-refractivity contribution is -0.132. The van der Waals surface area contributed by atoms with Crippen LogP contribution in [0, 0.1) is 71.0 Å². The quantitative estimate of drug-likeness (QED) is 0.431. The molecule has 0 heterocycles. The molecule has 28 heavy (non-hydrogen) atoms. The predicted molar refractivity (Wildman–Crippen MR) is 118 cm³/mol. The zero-order chi connectivity index (χ0) is 18.8. The standard InChI is InChI=1S/C28H46/c1-17-15-21-11-3-7-19-9-5-13-23(27(19)21)25(17)26-18(2)16-22-12-4-8-20-10-6-14-24(26)28(20)22/h17-28H,3-16H2,1-2H3. The van der Waals surface area contributed by atoms with Crippen LogP contribution in [-0.4, -0.2) is 0 Å². The van der Waals surface area contributed by atoms with Gasteiger partial charge in [-0.3, -0.25) is 0 Å². The van der Waals surface area contributed by atoms with Crippen LogP contribution >= 0.6 is 0 Å². The van der Waals surface area contributed by atoms with Crippen LogP contribution in [0.5, 0.6) is 0 Å². The molecule has 0 spiro atoms. The Bertz CT molecular complexity index is 510. The van der Waals surface area contributed by atoms with Crippen LogP contribution in [0.1, 0.15) is 104 Å². The van der Waals surface area contributed by atoms with Gasteiger partial charge < -0.3 is 0 Å². The molecule has 0 saturated heterocycles. The molecular formula is C28H46. The van der Waals surface area contributed by atoms with Gasteiger partial charge in [-0.05, 0) is 96.7 Å². The summed E-state index contributed by atoms with van der Waals surface area (Å²) in [6.45, 7) is 5.44. The number of hydrogen-bond acceptors (Lipinski definition) is 0. The molecule has 0 bridgehead atoms. The lowest BCUT2D eigenvalue weighted by atomic mass is 9.43. The summed E-state index contributed by atoms with van der Waals surface area (Å²) in [4.78, 5) is 0. The van der Waals surface area contributed by atoms with Crippen molar-refractivity contribution in [3.63, 3.8) is 0 Å². The third-order valence-electron chi connectivity index (χ3n) is 11.8. The molecule has 0 amide bonds. The van der Waals surface area contributed by atoms with Crippen molar-refractivity contribution >= 4 is 0 Å². The van der Waals surface area contributed by atoms with E-state index in [0.29, 0.717) is 0 Å². The van der Waals surface area contributed by atoms with Gasteiger partial charge in [0.25, 0.3) is 0 Å². The van der Waals surface area contributed by atoms with E-state index in [0.717, 1.165) is 71.0 Å². The van der Waals surface area contributed by atoms with Crippen LogP contribution in [-0.2, 0) is 0 Å². The Morgan fingerprint density at radius 3 is 1.18 bits per heavy atom. The Balaban J connectivity index is 1.34. The van der Waals surface area contributed by atoms with Crippen molar-refractivity contribution in [2.45, 2.75) is 104 Å². The molecular weight excluding hydrogens is 336 g/mol. The van der Waals surface area contributed by atoms with Crippen LogP contribution in [0.2, 0.25) is 0 Å². The first-order valence-corrected chi connectivity index (χ1v) is 13.7. The van der Waals surface area contributed by atoms with Crippen molar-refractivity contribution < 1.29 is 0 Å². The van der Waals surface area contributed by atoms with E-state index in [1.807, 2.05) is 0 Å². The fourth-order valence-electron chi connectivity index (χ4n) is 11.4. The predicted octanol–water partition coefficient (Wildman–Crippen LogP) is 7.96.